The van der Waals surface area contributed by atoms with Gasteiger partial charge in [-0.05, 0) is 18.6 Å². The molecule has 1 N–H and O–H groups in total. The lowest BCUT2D eigenvalue weighted by molar-refractivity contribution is 0.0977. The Labute approximate surface area is 143 Å². The molecule has 124 valence electrons. The van der Waals surface area contributed by atoms with Crippen molar-refractivity contribution in [1.29, 1.82) is 0 Å². The van der Waals surface area contributed by atoms with Gasteiger partial charge in [-0.25, -0.2) is 23.1 Å². The molecule has 0 unspecified atom stereocenters. The Kier molecular flexibility index (Phi) is 4.54. The number of dihydropyridines is 1. The van der Waals surface area contributed by atoms with Crippen molar-refractivity contribution in [1.82, 2.24) is 14.7 Å². The maximum atomic E-state index is 11.9. The maximum Gasteiger partial charge on any atom is 0.283 e. The van der Waals surface area contributed by atoms with Crippen LogP contribution >= 0.6 is 11.3 Å². The van der Waals surface area contributed by atoms with E-state index in [1.807, 2.05) is 4.72 Å². The first-order chi connectivity index (χ1) is 11.4. The molecule has 9 heteroatoms. The number of thiazole rings is 1. The fourth-order valence-electron chi connectivity index (χ4n) is 2.10. The Balaban J connectivity index is 1.87. The molecular formula is C15H14N4O3S2. The lowest BCUT2D eigenvalue weighted by Gasteiger charge is -2.03. The van der Waals surface area contributed by atoms with Gasteiger partial charge in [0.15, 0.2) is 0 Å². The summed E-state index contributed by atoms with van der Waals surface area (Å²) in [6, 6.07) is 4.86. The molecule has 24 heavy (non-hydrogen) atoms. The number of hydrogen-bond donors (Lipinski definition) is 1. The molecule has 1 aliphatic heterocycles. The fraction of sp³-hybridized carbons (Fsp3) is 0.200. The largest absolute Gasteiger partial charge is 0.292 e. The summed E-state index contributed by atoms with van der Waals surface area (Å²) < 4.78 is 24.2. The van der Waals surface area contributed by atoms with Gasteiger partial charge in [0, 0.05) is 24.5 Å². The minimum atomic E-state index is -3.63. The van der Waals surface area contributed by atoms with E-state index in [-0.39, 0.29) is 5.69 Å². The molecule has 0 fully saturated rings. The van der Waals surface area contributed by atoms with Crippen molar-refractivity contribution < 1.29 is 13.2 Å². The van der Waals surface area contributed by atoms with E-state index in [0.717, 1.165) is 34.7 Å². The van der Waals surface area contributed by atoms with E-state index in [0.29, 0.717) is 5.69 Å². The van der Waals surface area contributed by atoms with Crippen LogP contribution in [0.1, 0.15) is 21.9 Å². The number of carbonyl (C=O) groups excluding carboxylic acids is 1. The summed E-state index contributed by atoms with van der Waals surface area (Å²) in [5.74, 6) is -0.758. The summed E-state index contributed by atoms with van der Waals surface area (Å²) in [4.78, 5) is 25.5. The predicted molar refractivity (Wildman–Crippen MR) is 93.6 cm³/mol. The SMILES string of the molecule is CS(=O)(=O)NC(=O)c1cccc(-c2cnc(C3=CCCN=C3)s2)n1. The Morgan fingerprint density at radius 1 is 1.33 bits per heavy atom. The molecule has 0 atom stereocenters. The second kappa shape index (κ2) is 6.62. The maximum absolute atomic E-state index is 11.9. The van der Waals surface area contributed by atoms with Crippen LogP contribution in [0.15, 0.2) is 35.5 Å². The zero-order valence-electron chi connectivity index (χ0n) is 12.8. The zero-order chi connectivity index (χ0) is 17.2. The van der Waals surface area contributed by atoms with Gasteiger partial charge in [0.05, 0.1) is 16.8 Å². The van der Waals surface area contributed by atoms with Gasteiger partial charge in [-0.2, -0.15) is 0 Å². The van der Waals surface area contributed by atoms with Crippen LogP contribution in [0.5, 0.6) is 0 Å². The highest BCUT2D eigenvalue weighted by atomic mass is 32.2. The van der Waals surface area contributed by atoms with Crippen LogP contribution in [0.2, 0.25) is 0 Å². The standard InChI is InChI=1S/C15H14N4O3S2/c1-24(21,22)19-14(20)12-6-2-5-11(18-12)13-9-17-15(23-13)10-4-3-7-16-8-10/h2,4-6,8-9H,3,7H2,1H3,(H,19,20). The third-order valence-corrected chi connectivity index (χ3v) is 4.74. The normalized spacial score (nSPS) is 14.3. The van der Waals surface area contributed by atoms with Crippen LogP contribution in [0.3, 0.4) is 0 Å². The van der Waals surface area contributed by atoms with Gasteiger partial charge >= 0.3 is 0 Å². The molecule has 1 aliphatic rings. The molecule has 0 saturated carbocycles. The van der Waals surface area contributed by atoms with Gasteiger partial charge in [0.2, 0.25) is 10.0 Å². The van der Waals surface area contributed by atoms with Crippen LogP contribution in [0.25, 0.3) is 16.1 Å². The number of hydrogen-bond acceptors (Lipinski definition) is 7. The van der Waals surface area contributed by atoms with Crippen molar-refractivity contribution >= 4 is 39.1 Å². The minimum Gasteiger partial charge on any atom is -0.292 e. The van der Waals surface area contributed by atoms with Crippen molar-refractivity contribution in [3.05, 3.63) is 41.2 Å². The lowest BCUT2D eigenvalue weighted by Crippen LogP contribution is -2.30. The Hall–Kier alpha value is -2.39. The molecule has 0 aliphatic carbocycles. The van der Waals surface area contributed by atoms with E-state index in [9.17, 15) is 13.2 Å². The molecule has 0 spiro atoms. The van der Waals surface area contributed by atoms with Crippen LogP contribution in [0, 0.1) is 0 Å². The molecule has 1 amide bonds. The first kappa shape index (κ1) is 16.5. The predicted octanol–water partition coefficient (Wildman–Crippen LogP) is 1.75. The summed E-state index contributed by atoms with van der Waals surface area (Å²) in [6.07, 6.45) is 7.38. The van der Waals surface area contributed by atoms with Gasteiger partial charge < -0.3 is 0 Å². The molecule has 0 bridgehead atoms. The van der Waals surface area contributed by atoms with Crippen molar-refractivity contribution in [3.63, 3.8) is 0 Å². The fourth-order valence-corrected chi connectivity index (χ4v) is 3.43. The first-order valence-corrected chi connectivity index (χ1v) is 9.79. The summed E-state index contributed by atoms with van der Waals surface area (Å²) in [6.45, 7) is 0.792. The monoisotopic (exact) mass is 362 g/mol. The topological polar surface area (TPSA) is 101 Å². The number of allylic oxidation sites excluding steroid dienone is 1. The Morgan fingerprint density at radius 3 is 2.88 bits per heavy atom. The molecule has 2 aromatic heterocycles. The highest BCUT2D eigenvalue weighted by Gasteiger charge is 2.15. The molecule has 3 rings (SSSR count). The van der Waals surface area contributed by atoms with Crippen molar-refractivity contribution in [2.45, 2.75) is 6.42 Å². The number of aliphatic imine (C=N–C) groups is 1. The van der Waals surface area contributed by atoms with Crippen LogP contribution in [-0.4, -0.2) is 43.3 Å². The van der Waals surface area contributed by atoms with Gasteiger partial charge in [-0.3, -0.25) is 9.79 Å². The summed E-state index contributed by atoms with van der Waals surface area (Å²) >= 11 is 1.44. The van der Waals surface area contributed by atoms with Gasteiger partial charge in [0.1, 0.15) is 10.7 Å². The quantitative estimate of drug-likeness (QED) is 0.893. The first-order valence-electron chi connectivity index (χ1n) is 7.08. The van der Waals surface area contributed by atoms with Crippen LogP contribution in [-0.2, 0) is 10.0 Å². The average molecular weight is 362 g/mol. The second-order valence-electron chi connectivity index (χ2n) is 5.12. The molecule has 7 nitrogen and oxygen atoms in total. The van der Waals surface area contributed by atoms with Gasteiger partial charge in [0.25, 0.3) is 5.91 Å². The molecule has 3 heterocycles. The summed E-state index contributed by atoms with van der Waals surface area (Å²) in [7, 11) is -3.63. The lowest BCUT2D eigenvalue weighted by atomic mass is 10.2. The number of carbonyl (C=O) groups is 1. The van der Waals surface area contributed by atoms with Crippen LogP contribution < -0.4 is 4.72 Å². The third kappa shape index (κ3) is 3.92. The van der Waals surface area contributed by atoms with E-state index in [4.69, 9.17) is 0 Å². The number of sulfonamides is 1. The average Bonchev–Trinajstić information content (AvgIpc) is 3.04. The number of nitrogens with zero attached hydrogens (tertiary/aromatic N) is 3. The van der Waals surface area contributed by atoms with Gasteiger partial charge in [-0.15, -0.1) is 11.3 Å². The number of amides is 1. The number of aromatic nitrogens is 2. The molecule has 0 radical (unpaired) electrons. The van der Waals surface area contributed by atoms with Crippen molar-refractivity contribution in [2.75, 3.05) is 12.8 Å². The molecular weight excluding hydrogens is 348 g/mol. The number of rotatable bonds is 4. The van der Waals surface area contributed by atoms with E-state index < -0.39 is 15.9 Å². The second-order valence-corrected chi connectivity index (χ2v) is 7.90. The van der Waals surface area contributed by atoms with E-state index in [1.54, 1.807) is 24.5 Å². The summed E-state index contributed by atoms with van der Waals surface area (Å²) in [5, 5.41) is 0.834. The zero-order valence-corrected chi connectivity index (χ0v) is 14.4. The number of nitrogens with one attached hydrogen (secondary N) is 1. The smallest absolute Gasteiger partial charge is 0.283 e. The van der Waals surface area contributed by atoms with Gasteiger partial charge in [-0.1, -0.05) is 12.1 Å². The van der Waals surface area contributed by atoms with E-state index in [1.165, 1.54) is 17.4 Å². The Bertz CT molecular complexity index is 945. The van der Waals surface area contributed by atoms with E-state index in [2.05, 4.69) is 21.0 Å². The van der Waals surface area contributed by atoms with E-state index >= 15 is 0 Å². The summed E-state index contributed by atoms with van der Waals surface area (Å²) in [5.41, 5.74) is 1.57. The Morgan fingerprint density at radius 2 is 2.17 bits per heavy atom. The molecule has 2 aromatic rings. The van der Waals surface area contributed by atoms with Crippen molar-refractivity contribution in [3.8, 4) is 10.6 Å². The molecule has 0 aromatic carbocycles. The minimum absolute atomic E-state index is 0.0336. The van der Waals surface area contributed by atoms with Crippen LogP contribution in [0.4, 0.5) is 0 Å². The van der Waals surface area contributed by atoms with Crippen molar-refractivity contribution in [2.24, 2.45) is 4.99 Å². The number of pyridine rings is 1. The highest BCUT2D eigenvalue weighted by Crippen LogP contribution is 2.29. The molecule has 0 saturated heterocycles. The highest BCUT2D eigenvalue weighted by molar-refractivity contribution is 7.89. The third-order valence-electron chi connectivity index (χ3n) is 3.12.